The van der Waals surface area contributed by atoms with Crippen LogP contribution in [0.5, 0.6) is 11.6 Å². The lowest BCUT2D eigenvalue weighted by atomic mass is 9.86. The first-order valence-electron chi connectivity index (χ1n) is 14.8. The number of ether oxygens (including phenoxy) is 2. The number of nitrogens with one attached hydrogen (secondary N) is 2. The third kappa shape index (κ3) is 6.76. The van der Waals surface area contributed by atoms with Crippen LogP contribution in [0.4, 0.5) is 5.82 Å². The molecule has 6 rings (SSSR count). The molecule has 0 radical (unpaired) electrons. The van der Waals surface area contributed by atoms with E-state index in [0.717, 1.165) is 64.1 Å². The molecule has 1 amide bonds. The van der Waals surface area contributed by atoms with E-state index in [2.05, 4.69) is 25.4 Å². The zero-order chi connectivity index (χ0) is 29.6. The van der Waals surface area contributed by atoms with E-state index < -0.39 is 0 Å². The van der Waals surface area contributed by atoms with Crippen molar-refractivity contribution in [2.24, 2.45) is 5.92 Å². The summed E-state index contributed by atoms with van der Waals surface area (Å²) in [6, 6.07) is 13.0. The first kappa shape index (κ1) is 28.6. The Morgan fingerprint density at radius 2 is 1.91 bits per heavy atom. The van der Waals surface area contributed by atoms with E-state index in [9.17, 15) is 9.59 Å². The number of nitrogens with two attached hydrogens (primary N) is 1. The lowest BCUT2D eigenvalue weighted by molar-refractivity contribution is -0.116. The minimum Gasteiger partial charge on any atom is -0.439 e. The van der Waals surface area contributed by atoms with Crippen molar-refractivity contribution in [3.05, 3.63) is 71.2 Å². The molecule has 0 unspecified atom stereocenters. The molecule has 4 N–H and O–H groups in total. The van der Waals surface area contributed by atoms with Gasteiger partial charge in [-0.15, -0.1) is 0 Å². The molecule has 1 aliphatic heterocycles. The molecule has 4 aromatic rings. The van der Waals surface area contributed by atoms with Gasteiger partial charge in [0.25, 0.3) is 5.56 Å². The van der Waals surface area contributed by atoms with Crippen LogP contribution in [-0.2, 0) is 9.53 Å². The van der Waals surface area contributed by atoms with Crippen LogP contribution in [0.25, 0.3) is 22.2 Å². The normalized spacial score (nSPS) is 19.5. The minimum absolute atomic E-state index is 0.0336. The van der Waals surface area contributed by atoms with Crippen LogP contribution in [0, 0.1) is 5.92 Å². The quantitative estimate of drug-likeness (QED) is 0.252. The first-order chi connectivity index (χ1) is 21.0. The number of hydrogen-bond acceptors (Lipinski definition) is 9. The summed E-state index contributed by atoms with van der Waals surface area (Å²) in [6.07, 6.45) is 8.71. The molecule has 43 heavy (non-hydrogen) atoms. The molecule has 0 bridgehead atoms. The molecule has 2 aliphatic rings. The summed E-state index contributed by atoms with van der Waals surface area (Å²) in [6.45, 7) is 4.66. The predicted molar refractivity (Wildman–Crippen MR) is 163 cm³/mol. The Hall–Kier alpha value is -4.55. The number of nitrogens with zero attached hydrogens (tertiary/aromatic N) is 5. The number of benzene rings is 1. The molecule has 1 saturated carbocycles. The monoisotopic (exact) mass is 584 g/mol. The van der Waals surface area contributed by atoms with Crippen LogP contribution in [0.2, 0.25) is 0 Å². The number of carbonyl (C=O) groups is 1. The number of hydrogen-bond donors (Lipinski definition) is 3. The predicted octanol–water partition coefficient (Wildman–Crippen LogP) is 3.29. The highest BCUT2D eigenvalue weighted by atomic mass is 16.5. The van der Waals surface area contributed by atoms with Gasteiger partial charge in [0.15, 0.2) is 5.82 Å². The van der Waals surface area contributed by atoms with Crippen molar-refractivity contribution in [1.29, 1.82) is 0 Å². The maximum absolute atomic E-state index is 13.0. The third-order valence-corrected chi connectivity index (χ3v) is 8.11. The van der Waals surface area contributed by atoms with E-state index in [1.807, 2.05) is 47.2 Å². The van der Waals surface area contributed by atoms with Gasteiger partial charge < -0.3 is 20.5 Å². The number of anilines is 1. The number of H-pyrrole nitrogens is 1. The van der Waals surface area contributed by atoms with Crippen LogP contribution in [0.3, 0.4) is 0 Å². The molecule has 12 nitrogen and oxygen atoms in total. The second-order valence-corrected chi connectivity index (χ2v) is 11.0. The molecule has 1 saturated heterocycles. The van der Waals surface area contributed by atoms with Crippen LogP contribution in [0.1, 0.15) is 31.7 Å². The Balaban J connectivity index is 1.11. The number of amides is 1. The fourth-order valence-electron chi connectivity index (χ4n) is 5.78. The molecular weight excluding hydrogens is 548 g/mol. The van der Waals surface area contributed by atoms with Crippen LogP contribution in [-0.4, -0.2) is 75.2 Å². The fraction of sp³-hybridized carbons (Fsp3) is 0.387. The van der Waals surface area contributed by atoms with Gasteiger partial charge in [0.2, 0.25) is 11.8 Å². The van der Waals surface area contributed by atoms with Crippen molar-refractivity contribution in [1.82, 2.24) is 35.2 Å². The van der Waals surface area contributed by atoms with Crippen molar-refractivity contribution in [3.8, 4) is 22.9 Å². The van der Waals surface area contributed by atoms with Gasteiger partial charge in [-0.05, 0) is 61.9 Å². The molecule has 224 valence electrons. The molecule has 4 heterocycles. The summed E-state index contributed by atoms with van der Waals surface area (Å²) in [5.41, 5.74) is 7.80. The van der Waals surface area contributed by atoms with Crippen molar-refractivity contribution in [2.75, 3.05) is 45.1 Å². The minimum atomic E-state index is -0.323. The van der Waals surface area contributed by atoms with Gasteiger partial charge in [0.1, 0.15) is 17.0 Å². The molecule has 2 fully saturated rings. The van der Waals surface area contributed by atoms with E-state index in [1.54, 1.807) is 18.3 Å². The molecule has 3 aromatic heterocycles. The van der Waals surface area contributed by atoms with Crippen LogP contribution >= 0.6 is 0 Å². The average Bonchev–Trinajstić information content (AvgIpc) is 3.46. The first-order valence-corrected chi connectivity index (χ1v) is 14.8. The van der Waals surface area contributed by atoms with Crippen molar-refractivity contribution in [2.45, 2.75) is 31.7 Å². The summed E-state index contributed by atoms with van der Waals surface area (Å²) >= 11 is 0. The zero-order valence-electron chi connectivity index (χ0n) is 23.9. The molecule has 0 atom stereocenters. The highest BCUT2D eigenvalue weighted by molar-refractivity contribution is 5.99. The number of aromatic amines is 1. The van der Waals surface area contributed by atoms with E-state index in [1.165, 1.54) is 0 Å². The lowest BCUT2D eigenvalue weighted by Gasteiger charge is -2.29. The van der Waals surface area contributed by atoms with Gasteiger partial charge in [0, 0.05) is 50.1 Å². The Morgan fingerprint density at radius 1 is 1.12 bits per heavy atom. The van der Waals surface area contributed by atoms with Gasteiger partial charge in [0.05, 0.1) is 24.6 Å². The molecule has 1 aliphatic carbocycles. The highest BCUT2D eigenvalue weighted by Crippen LogP contribution is 2.37. The van der Waals surface area contributed by atoms with Gasteiger partial charge in [-0.25, -0.2) is 10.1 Å². The fourth-order valence-corrected chi connectivity index (χ4v) is 5.78. The summed E-state index contributed by atoms with van der Waals surface area (Å²) < 4.78 is 13.0. The standard InChI is InChI=1S/C31H36N8O4/c32-30-27-28(22-8-12-24(13-9-22)43-26-5-1-2-14-33-26)37-39(29(27)31(41)36-35-30)23-10-6-21(7-11-23)20-34-25(40)4-3-15-38-16-18-42-19-17-38/h1-5,8-9,12-14,21,23H,6-7,10-11,15-20H2,(H2,32,35)(H,34,40)(H,36,41)/b4-3+. The van der Waals surface area contributed by atoms with Gasteiger partial charge in [-0.2, -0.15) is 10.2 Å². The lowest BCUT2D eigenvalue weighted by Crippen LogP contribution is -2.36. The average molecular weight is 585 g/mol. The third-order valence-electron chi connectivity index (χ3n) is 8.11. The summed E-state index contributed by atoms with van der Waals surface area (Å²) in [5, 5.41) is 15.1. The number of pyridine rings is 1. The van der Waals surface area contributed by atoms with Gasteiger partial charge in [-0.1, -0.05) is 12.1 Å². The Kier molecular flexibility index (Phi) is 8.75. The Labute approximate surface area is 248 Å². The second-order valence-electron chi connectivity index (χ2n) is 11.0. The molecule has 0 spiro atoms. The number of aromatic nitrogens is 5. The number of rotatable bonds is 9. The van der Waals surface area contributed by atoms with E-state index in [0.29, 0.717) is 40.7 Å². The van der Waals surface area contributed by atoms with Crippen LogP contribution < -0.4 is 21.3 Å². The Bertz CT molecular complexity index is 1620. The summed E-state index contributed by atoms with van der Waals surface area (Å²) in [7, 11) is 0. The SMILES string of the molecule is Nc1n[nH]c(=O)c2c1c(-c1ccc(Oc3ccccn3)cc1)nn2C1CCC(CNC(=O)/C=C/CN2CCOCC2)CC1. The number of carbonyl (C=O) groups excluding carboxylic acids is 1. The maximum Gasteiger partial charge on any atom is 0.290 e. The van der Waals surface area contributed by atoms with Crippen molar-refractivity contribution < 1.29 is 14.3 Å². The summed E-state index contributed by atoms with van der Waals surface area (Å²) in [5.74, 6) is 1.66. The number of fused-ring (bicyclic) bond motifs is 1. The van der Waals surface area contributed by atoms with Gasteiger partial charge in [-0.3, -0.25) is 19.2 Å². The van der Waals surface area contributed by atoms with Crippen LogP contribution in [0.15, 0.2) is 65.6 Å². The topological polar surface area (TPSA) is 153 Å². The molecule has 12 heteroatoms. The van der Waals surface area contributed by atoms with Gasteiger partial charge >= 0.3 is 0 Å². The highest BCUT2D eigenvalue weighted by Gasteiger charge is 2.28. The second kappa shape index (κ2) is 13.2. The smallest absolute Gasteiger partial charge is 0.290 e. The van der Waals surface area contributed by atoms with E-state index in [4.69, 9.17) is 20.3 Å². The largest absolute Gasteiger partial charge is 0.439 e. The van der Waals surface area contributed by atoms with E-state index in [-0.39, 0.29) is 23.3 Å². The number of morpholine rings is 1. The van der Waals surface area contributed by atoms with Crippen molar-refractivity contribution >= 4 is 22.6 Å². The Morgan fingerprint density at radius 3 is 2.65 bits per heavy atom. The maximum atomic E-state index is 13.0. The number of nitrogen functional groups attached to an aromatic ring is 1. The van der Waals surface area contributed by atoms with E-state index >= 15 is 0 Å². The van der Waals surface area contributed by atoms with Crippen molar-refractivity contribution in [3.63, 3.8) is 0 Å². The molecular formula is C31H36N8O4. The summed E-state index contributed by atoms with van der Waals surface area (Å²) in [4.78, 5) is 31.8. The molecule has 1 aromatic carbocycles. The zero-order valence-corrected chi connectivity index (χ0v) is 23.9.